The third-order valence-corrected chi connectivity index (χ3v) is 15.3. The first-order chi connectivity index (χ1) is 69.3. The zero-order valence-electron chi connectivity index (χ0n) is 84.0. The SMILES string of the molecule is C=CC(=O)CCCCOCCOCCCNC(=O)C=C.C=CC(=O)CCCNC(=O)C=C.C=CC(=O)CCCOCCOCCNC(=O)C=C.C=CC(=O)NCCCNC(=O)C=C.C=CC(=O)NCCCOCCCNC(=O)C=C.C=CC(=O)NCCOCCNC(=O)C=C.C=CC(=O)NCCOCCNC(=O)C=C.C=CC(=O)NCCOCCOCCOCCNC(=O)C=C.C=CC(=O)NCOCNC(=O)C=C. The summed E-state index contributed by atoms with van der Waals surface area (Å²) in [5.74, 6) is -3.16. The summed E-state index contributed by atoms with van der Waals surface area (Å²) in [5.41, 5.74) is 0. The number of unbranched alkanes of at least 4 members (excludes halogenated alkanes) is 1. The van der Waals surface area contributed by atoms with Crippen LogP contribution in [0.2, 0.25) is 0 Å². The Kier molecular flexibility index (Phi) is 128. The van der Waals surface area contributed by atoms with Crippen molar-refractivity contribution in [2.75, 3.05) is 231 Å². The Labute approximate surface area is 849 Å². The fourth-order valence-electron chi connectivity index (χ4n) is 7.90. The second-order valence-corrected chi connectivity index (χ2v) is 26.6. The molecule has 0 atom stereocenters. The Morgan fingerprint density at radius 1 is 0.132 bits per heavy atom. The maximum absolute atomic E-state index is 10.9. The van der Waals surface area contributed by atoms with Crippen molar-refractivity contribution in [1.82, 2.24) is 79.8 Å². The monoisotopic (exact) mass is 2040 g/mol. The van der Waals surface area contributed by atoms with Crippen LogP contribution in [0.5, 0.6) is 0 Å². The van der Waals surface area contributed by atoms with Crippen LogP contribution in [0.15, 0.2) is 228 Å². The van der Waals surface area contributed by atoms with E-state index < -0.39 is 0 Å². The zero-order chi connectivity index (χ0) is 110. The molecular weight excluding hydrogens is 1880 g/mol. The van der Waals surface area contributed by atoms with Crippen LogP contribution in [0, 0.1) is 0 Å². The first-order valence-electron chi connectivity index (χ1n) is 45.7. The largest absolute Gasteiger partial charge is 0.381 e. The van der Waals surface area contributed by atoms with Crippen molar-refractivity contribution in [2.24, 2.45) is 0 Å². The van der Waals surface area contributed by atoms with Crippen LogP contribution in [0.25, 0.3) is 0 Å². The van der Waals surface area contributed by atoms with E-state index in [2.05, 4.69) is 198 Å². The van der Waals surface area contributed by atoms with E-state index in [0.717, 1.165) is 44.3 Å². The minimum Gasteiger partial charge on any atom is -0.381 e. The number of carbonyl (C=O) groups is 18. The molecule has 44 nitrogen and oxygen atoms in total. The van der Waals surface area contributed by atoms with Gasteiger partial charge in [-0.1, -0.05) is 118 Å². The summed E-state index contributed by atoms with van der Waals surface area (Å²) in [7, 11) is 0. The van der Waals surface area contributed by atoms with E-state index in [1.807, 2.05) is 0 Å². The number of ketones is 3. The Bertz CT molecular complexity index is 3420. The van der Waals surface area contributed by atoms with Crippen molar-refractivity contribution in [3.8, 4) is 0 Å². The van der Waals surface area contributed by atoms with Gasteiger partial charge >= 0.3 is 0 Å². The van der Waals surface area contributed by atoms with Gasteiger partial charge in [-0.25, -0.2) is 0 Å². The highest BCUT2D eigenvalue weighted by Crippen LogP contribution is 1.99. The van der Waals surface area contributed by atoms with Crippen molar-refractivity contribution >= 4 is 106 Å². The quantitative estimate of drug-likeness (QED) is 0.0235. The molecule has 0 aromatic rings. The predicted molar refractivity (Wildman–Crippen MR) is 554 cm³/mol. The number of allylic oxidation sites excluding steroid dienone is 3. The second kappa shape index (κ2) is 125. The number of hydrogen-bond acceptors (Lipinski definition) is 29. The third-order valence-electron chi connectivity index (χ3n) is 15.3. The molecule has 0 unspecified atom stereocenters. The Morgan fingerprint density at radius 2 is 0.278 bits per heavy atom. The van der Waals surface area contributed by atoms with Crippen LogP contribution < -0.4 is 79.8 Å². The minimum absolute atomic E-state index is 0.00264. The van der Waals surface area contributed by atoms with Gasteiger partial charge in [-0.3, -0.25) is 86.3 Å². The summed E-state index contributed by atoms with van der Waals surface area (Å²) in [4.78, 5) is 193. The van der Waals surface area contributed by atoms with E-state index in [1.54, 1.807) is 0 Å². The molecule has 0 aliphatic rings. The first kappa shape index (κ1) is 148. The second-order valence-electron chi connectivity index (χ2n) is 26.6. The van der Waals surface area contributed by atoms with Crippen LogP contribution in [0.3, 0.4) is 0 Å². The highest BCUT2D eigenvalue weighted by atomic mass is 16.5. The molecule has 0 rings (SSSR count). The van der Waals surface area contributed by atoms with Crippen LogP contribution in [-0.2, 0) is 138 Å². The number of ether oxygens (including phenoxy) is 11. The summed E-state index contributed by atoms with van der Waals surface area (Å²) in [6.45, 7) is 76.1. The lowest BCUT2D eigenvalue weighted by Gasteiger charge is -2.07. The molecule has 0 bridgehead atoms. The number of nitrogens with one attached hydrogen (secondary N) is 15. The maximum atomic E-state index is 10.9. The lowest BCUT2D eigenvalue weighted by atomic mass is 10.2. The van der Waals surface area contributed by atoms with Gasteiger partial charge in [-0.15, -0.1) is 0 Å². The van der Waals surface area contributed by atoms with Crippen molar-refractivity contribution in [3.05, 3.63) is 228 Å². The summed E-state index contributed by atoms with van der Waals surface area (Å²) in [5, 5.41) is 38.5. The maximum Gasteiger partial charge on any atom is 0.245 e. The fraction of sp³-hybridized carbons (Fsp3) is 0.460. The number of carbonyl (C=O) groups excluding carboxylic acids is 18. The molecule has 0 spiro atoms. The van der Waals surface area contributed by atoms with Crippen molar-refractivity contribution < 1.29 is 138 Å². The number of hydrogen-bond donors (Lipinski definition) is 15. The van der Waals surface area contributed by atoms with Gasteiger partial charge in [0.25, 0.3) is 0 Å². The molecule has 15 N–H and O–H groups in total. The highest BCUT2D eigenvalue weighted by molar-refractivity contribution is 5.93. The molecule has 15 amide bonds. The van der Waals surface area contributed by atoms with Crippen molar-refractivity contribution in [3.63, 3.8) is 0 Å². The van der Waals surface area contributed by atoms with Crippen LogP contribution in [0.4, 0.5) is 0 Å². The molecule has 0 aromatic carbocycles. The van der Waals surface area contributed by atoms with Gasteiger partial charge in [0, 0.05) is 137 Å². The molecule has 0 fully saturated rings. The molecule has 810 valence electrons. The summed E-state index contributed by atoms with van der Waals surface area (Å²) in [6.07, 6.45) is 29.5. The van der Waals surface area contributed by atoms with Gasteiger partial charge in [0.15, 0.2) is 17.3 Å². The molecule has 0 aromatic heterocycles. The lowest BCUT2D eigenvalue weighted by molar-refractivity contribution is -0.120. The summed E-state index contributed by atoms with van der Waals surface area (Å²) >= 11 is 0. The predicted octanol–water partition coefficient (Wildman–Crippen LogP) is 2.06. The number of amides is 15. The Balaban J connectivity index is -0.000000204. The topological polar surface area (TPSA) is 589 Å². The smallest absolute Gasteiger partial charge is 0.245 e. The van der Waals surface area contributed by atoms with Gasteiger partial charge in [0.05, 0.1) is 99.1 Å². The van der Waals surface area contributed by atoms with Gasteiger partial charge < -0.3 is 132 Å². The van der Waals surface area contributed by atoms with E-state index in [4.69, 9.17) is 52.1 Å². The van der Waals surface area contributed by atoms with E-state index >= 15 is 0 Å². The lowest BCUT2D eigenvalue weighted by Crippen LogP contribution is -2.29. The molecule has 0 saturated heterocycles. The van der Waals surface area contributed by atoms with Gasteiger partial charge in [0.2, 0.25) is 88.6 Å². The van der Waals surface area contributed by atoms with Crippen molar-refractivity contribution in [2.45, 2.75) is 70.6 Å². The molecular formula is C100H161N15O29. The molecule has 0 aliphatic heterocycles. The molecule has 0 aliphatic carbocycles. The van der Waals surface area contributed by atoms with E-state index in [9.17, 15) is 86.3 Å². The zero-order valence-corrected chi connectivity index (χ0v) is 84.0. The van der Waals surface area contributed by atoms with Crippen LogP contribution >= 0.6 is 0 Å². The number of rotatable bonds is 84. The molecule has 0 radical (unpaired) electrons. The van der Waals surface area contributed by atoms with Gasteiger partial charge in [0.1, 0.15) is 13.5 Å². The summed E-state index contributed by atoms with van der Waals surface area (Å²) in [6, 6.07) is 0. The fourth-order valence-corrected chi connectivity index (χ4v) is 7.90. The van der Waals surface area contributed by atoms with Gasteiger partial charge in [-0.05, 0) is 161 Å². The van der Waals surface area contributed by atoms with E-state index in [-0.39, 0.29) is 119 Å². The Morgan fingerprint density at radius 3 is 0.493 bits per heavy atom. The molecule has 0 heterocycles. The van der Waals surface area contributed by atoms with Crippen molar-refractivity contribution in [1.29, 1.82) is 0 Å². The molecule has 144 heavy (non-hydrogen) atoms. The standard InChI is InChI=1S/C15H25NO4.C14H24N2O5.C13H21NO4.C12H20N2O3.2C10H16N2O3.C9H14N2O2.C9H13NO2.C8H12N2O3/c1-3-14(17)8-5-6-10-19-12-13-20-11-7-9-16-15(18)4-2;1-3-13(17)15-5-7-19-9-11-21-12-10-20-8-6-16-14(18)4-2;1-3-12(15)6-5-8-17-10-11-18-9-7-14-13(16)4-2;1-3-11(15)13-7-5-9-17-10-6-8-14-12(16)4-2;2*1-3-9(13)11-5-7-15-8-6-12-10(14)4-2;1-3-8(12)10-6-5-7-11-9(13)4-2;1-3-8(11)6-5-7-10-9(12)4-2;1-3-7(11)9-5-13-6-10-8(12)4-2/h3-4H,1-2,5-13H2,(H,16,18);3-4H,1-2,5-12H2,(H,15,17)(H,16,18);3-4H,1-2,5-11H2,(H,14,16);3-4H,1-2,5-10H2,(H,13,15)(H,14,16);2*3-4H,1-2,5-8H2,(H,11,13)(H,12,14);3-4H,1-2,5-7H2,(H,10,12)(H,11,13);3-4H,1-2,5-7H2,(H,10,12);3-4H,1-2,5-6H2,(H,9,11)(H,10,12). The molecule has 0 saturated carbocycles. The van der Waals surface area contributed by atoms with Crippen LogP contribution in [0.1, 0.15) is 70.6 Å². The van der Waals surface area contributed by atoms with E-state index in [1.165, 1.54) is 97.2 Å². The summed E-state index contributed by atoms with van der Waals surface area (Å²) < 4.78 is 57.3. The van der Waals surface area contributed by atoms with E-state index in [0.29, 0.717) is 256 Å². The average Bonchev–Trinajstić information content (AvgIpc) is 1.06. The average molecular weight is 2040 g/mol. The normalized spacial score (nSPS) is 9.33. The minimum atomic E-state index is -0.324. The van der Waals surface area contributed by atoms with Gasteiger partial charge in [-0.2, -0.15) is 0 Å². The third kappa shape index (κ3) is 141. The molecule has 44 heteroatoms. The highest BCUT2D eigenvalue weighted by Gasteiger charge is 2.06. The van der Waals surface area contributed by atoms with Crippen LogP contribution in [-0.4, -0.2) is 337 Å². The first-order valence-corrected chi connectivity index (χ1v) is 45.7. The Hall–Kier alpha value is -14.1.